The maximum Gasteiger partial charge on any atom is 0.180 e. The van der Waals surface area contributed by atoms with E-state index in [-0.39, 0.29) is 6.04 Å². The van der Waals surface area contributed by atoms with Crippen molar-refractivity contribution in [3.8, 4) is 0 Å². The Morgan fingerprint density at radius 2 is 2.50 bits per heavy atom. The van der Waals surface area contributed by atoms with Gasteiger partial charge in [-0.25, -0.2) is 4.98 Å². The minimum atomic E-state index is -0.386. The number of hydrogen-bond donors (Lipinski definition) is 2. The summed E-state index contributed by atoms with van der Waals surface area (Å²) >= 11 is 5.86. The lowest BCUT2D eigenvalue weighted by Crippen LogP contribution is -2.10. The average Bonchev–Trinajstić information content (AvgIpc) is 2.34. The first kappa shape index (κ1) is 7.59. The monoisotopic (exact) mass is 172 g/mol. The van der Waals surface area contributed by atoms with E-state index in [1.165, 1.54) is 11.3 Å². The average molecular weight is 172 g/mol. The summed E-state index contributed by atoms with van der Waals surface area (Å²) in [4.78, 5) is 3.92. The molecule has 0 saturated carbocycles. The van der Waals surface area contributed by atoms with E-state index in [2.05, 4.69) is 22.6 Å². The van der Waals surface area contributed by atoms with Gasteiger partial charge in [-0.05, 0) is 0 Å². The van der Waals surface area contributed by atoms with Gasteiger partial charge < -0.3 is 11.5 Å². The lowest BCUT2D eigenvalue weighted by molar-refractivity contribution is 0.950. The standard InChI is InChI=1S/C5H6N3S2/c6-3(1-9)4-2-10-5(7)8-4/h2-3H,6H2,(H2,7,8). The van der Waals surface area contributed by atoms with Crippen LogP contribution in [0, 0.1) is 0 Å². The van der Waals surface area contributed by atoms with Gasteiger partial charge in [0, 0.05) is 5.38 Å². The Kier molecular flexibility index (Phi) is 2.31. The fourth-order valence-corrected chi connectivity index (χ4v) is 1.22. The number of nitrogens with zero attached hydrogens (tertiary/aromatic N) is 1. The number of hydrogen-bond acceptors (Lipinski definition) is 5. The van der Waals surface area contributed by atoms with Crippen LogP contribution in [0.3, 0.4) is 0 Å². The fraction of sp³-hybridized carbons (Fsp3) is 0.200. The molecule has 0 saturated heterocycles. The van der Waals surface area contributed by atoms with Gasteiger partial charge in [0.05, 0.1) is 17.1 Å². The topological polar surface area (TPSA) is 64.9 Å². The molecular formula is C5H6N3S2. The Morgan fingerprint density at radius 3 is 2.90 bits per heavy atom. The number of rotatable bonds is 2. The van der Waals surface area contributed by atoms with Crippen LogP contribution in [0.15, 0.2) is 5.38 Å². The molecule has 0 amide bonds. The quantitative estimate of drug-likeness (QED) is 0.641. The number of nitrogens with two attached hydrogens (primary N) is 2. The van der Waals surface area contributed by atoms with Gasteiger partial charge in [-0.1, -0.05) is 12.2 Å². The van der Waals surface area contributed by atoms with E-state index in [1.807, 2.05) is 0 Å². The maximum atomic E-state index is 5.48. The van der Waals surface area contributed by atoms with Crippen LogP contribution in [0.4, 0.5) is 5.13 Å². The summed E-state index contributed by atoms with van der Waals surface area (Å²) in [5.41, 5.74) is 11.5. The molecule has 1 rings (SSSR count). The Balaban J connectivity index is 2.84. The predicted molar refractivity (Wildman–Crippen MR) is 46.1 cm³/mol. The number of anilines is 1. The Bertz CT molecular complexity index is 233. The minimum Gasteiger partial charge on any atom is -0.375 e. The molecule has 0 bridgehead atoms. The molecule has 4 N–H and O–H groups in total. The van der Waals surface area contributed by atoms with Crippen molar-refractivity contribution in [2.24, 2.45) is 5.73 Å². The summed E-state index contributed by atoms with van der Waals surface area (Å²) < 4.78 is 0. The SMILES string of the molecule is Nc1nc(C(N)[C]=S)cs1. The summed E-state index contributed by atoms with van der Waals surface area (Å²) in [6.07, 6.45) is 0. The Morgan fingerprint density at radius 1 is 1.80 bits per heavy atom. The molecule has 0 aliphatic heterocycles. The van der Waals surface area contributed by atoms with E-state index in [4.69, 9.17) is 11.5 Å². The van der Waals surface area contributed by atoms with Crippen LogP contribution >= 0.6 is 23.6 Å². The van der Waals surface area contributed by atoms with Crippen molar-refractivity contribution in [1.82, 2.24) is 4.98 Å². The fourth-order valence-electron chi connectivity index (χ4n) is 0.504. The second-order valence-electron chi connectivity index (χ2n) is 1.71. The number of thiocarbonyl (C=S) groups is 1. The Labute approximate surface area is 68.1 Å². The Hall–Kier alpha value is -0.520. The molecule has 5 heteroatoms. The van der Waals surface area contributed by atoms with E-state index in [0.717, 1.165) is 0 Å². The smallest absolute Gasteiger partial charge is 0.180 e. The molecule has 1 atom stereocenters. The molecule has 10 heavy (non-hydrogen) atoms. The van der Waals surface area contributed by atoms with E-state index in [0.29, 0.717) is 10.8 Å². The highest BCUT2D eigenvalue weighted by atomic mass is 32.1. The van der Waals surface area contributed by atoms with E-state index in [9.17, 15) is 0 Å². The second-order valence-corrected chi connectivity index (χ2v) is 2.83. The molecule has 0 spiro atoms. The normalized spacial score (nSPS) is 12.9. The first-order valence-corrected chi connectivity index (χ1v) is 3.87. The lowest BCUT2D eigenvalue weighted by Gasteiger charge is -1.95. The molecule has 53 valence electrons. The molecule has 1 heterocycles. The molecule has 0 aromatic carbocycles. The largest absolute Gasteiger partial charge is 0.375 e. The van der Waals surface area contributed by atoms with Gasteiger partial charge in [-0.15, -0.1) is 11.3 Å². The highest BCUT2D eigenvalue weighted by Gasteiger charge is 2.05. The van der Waals surface area contributed by atoms with Crippen molar-refractivity contribution < 1.29 is 0 Å². The highest BCUT2D eigenvalue weighted by molar-refractivity contribution is 7.79. The van der Waals surface area contributed by atoms with E-state index < -0.39 is 0 Å². The first-order chi connectivity index (χ1) is 4.74. The second kappa shape index (κ2) is 3.05. The number of thiazole rings is 1. The van der Waals surface area contributed by atoms with Gasteiger partial charge in [0.1, 0.15) is 0 Å². The molecule has 1 radical (unpaired) electrons. The highest BCUT2D eigenvalue weighted by Crippen LogP contribution is 2.14. The zero-order chi connectivity index (χ0) is 7.56. The third-order valence-electron chi connectivity index (χ3n) is 0.985. The summed E-state index contributed by atoms with van der Waals surface area (Å²) in [5.74, 6) is 0. The molecule has 0 aliphatic carbocycles. The molecule has 1 aromatic heterocycles. The van der Waals surface area contributed by atoms with Crippen molar-refractivity contribution in [3.05, 3.63) is 11.1 Å². The summed E-state index contributed by atoms with van der Waals surface area (Å²) in [6, 6.07) is -0.386. The van der Waals surface area contributed by atoms with Gasteiger partial charge in [-0.3, -0.25) is 0 Å². The lowest BCUT2D eigenvalue weighted by atomic mass is 10.3. The van der Waals surface area contributed by atoms with Crippen molar-refractivity contribution in [2.45, 2.75) is 6.04 Å². The van der Waals surface area contributed by atoms with Gasteiger partial charge in [0.2, 0.25) is 0 Å². The first-order valence-electron chi connectivity index (χ1n) is 2.58. The summed E-state index contributed by atoms with van der Waals surface area (Å²) in [7, 11) is 0. The summed E-state index contributed by atoms with van der Waals surface area (Å²) in [6.45, 7) is 0. The number of nitrogen functional groups attached to an aromatic ring is 1. The minimum absolute atomic E-state index is 0.386. The van der Waals surface area contributed by atoms with Crippen LogP contribution in [-0.2, 0) is 0 Å². The molecule has 3 nitrogen and oxygen atoms in total. The van der Waals surface area contributed by atoms with E-state index in [1.54, 1.807) is 5.38 Å². The van der Waals surface area contributed by atoms with Crippen LogP contribution in [-0.4, -0.2) is 10.4 Å². The molecule has 1 aromatic rings. The van der Waals surface area contributed by atoms with Crippen LogP contribution in [0.25, 0.3) is 0 Å². The van der Waals surface area contributed by atoms with E-state index >= 15 is 0 Å². The number of aromatic nitrogens is 1. The van der Waals surface area contributed by atoms with Gasteiger partial charge in [0.25, 0.3) is 0 Å². The predicted octanol–water partition coefficient (Wildman–Crippen LogP) is 0.602. The molecular weight excluding hydrogens is 166 g/mol. The van der Waals surface area contributed by atoms with Gasteiger partial charge in [-0.2, -0.15) is 0 Å². The van der Waals surface area contributed by atoms with Crippen molar-refractivity contribution >= 4 is 34.1 Å². The van der Waals surface area contributed by atoms with Crippen LogP contribution in [0.2, 0.25) is 0 Å². The molecule has 0 fully saturated rings. The van der Waals surface area contributed by atoms with Crippen molar-refractivity contribution in [1.29, 1.82) is 0 Å². The third-order valence-corrected chi connectivity index (χ3v) is 1.93. The zero-order valence-electron chi connectivity index (χ0n) is 5.07. The molecule has 1 unspecified atom stereocenters. The van der Waals surface area contributed by atoms with Crippen molar-refractivity contribution in [2.75, 3.05) is 5.73 Å². The van der Waals surface area contributed by atoms with Crippen LogP contribution in [0.1, 0.15) is 11.7 Å². The zero-order valence-corrected chi connectivity index (χ0v) is 6.71. The molecule has 0 aliphatic rings. The van der Waals surface area contributed by atoms with Crippen LogP contribution < -0.4 is 11.5 Å². The van der Waals surface area contributed by atoms with Gasteiger partial charge >= 0.3 is 0 Å². The van der Waals surface area contributed by atoms with Crippen LogP contribution in [0.5, 0.6) is 0 Å². The third kappa shape index (κ3) is 1.50. The van der Waals surface area contributed by atoms with Crippen molar-refractivity contribution in [3.63, 3.8) is 0 Å². The summed E-state index contributed by atoms with van der Waals surface area (Å²) in [5, 5.41) is 4.73. The maximum absolute atomic E-state index is 5.48. The van der Waals surface area contributed by atoms with Gasteiger partial charge in [0.15, 0.2) is 5.13 Å².